The minimum atomic E-state index is -0.461. The number of amides is 1. The maximum absolute atomic E-state index is 12.3. The lowest BCUT2D eigenvalue weighted by Gasteiger charge is -2.08. The lowest BCUT2D eigenvalue weighted by Crippen LogP contribution is -2.15. The molecule has 0 bridgehead atoms. The SMILES string of the molecule is COC(=O)c1cccc(NC(=O)CSc2nnc(COc3ccc(Br)cc3)n2C)c1. The zero-order chi connectivity index (χ0) is 21.5. The Bertz CT molecular complexity index is 1040. The van der Waals surface area contributed by atoms with Crippen molar-refractivity contribution < 1.29 is 19.1 Å². The van der Waals surface area contributed by atoms with Crippen molar-refractivity contribution in [3.05, 3.63) is 64.4 Å². The van der Waals surface area contributed by atoms with Crippen LogP contribution in [-0.4, -0.2) is 39.5 Å². The molecule has 0 saturated carbocycles. The van der Waals surface area contributed by atoms with Crippen molar-refractivity contribution in [1.29, 1.82) is 0 Å². The van der Waals surface area contributed by atoms with Gasteiger partial charge >= 0.3 is 5.97 Å². The van der Waals surface area contributed by atoms with Crippen molar-refractivity contribution in [3.63, 3.8) is 0 Å². The Labute approximate surface area is 186 Å². The number of anilines is 1. The number of thioether (sulfide) groups is 1. The average Bonchev–Trinajstić information content (AvgIpc) is 3.11. The van der Waals surface area contributed by atoms with Gasteiger partial charge in [-0.3, -0.25) is 4.79 Å². The van der Waals surface area contributed by atoms with Crippen LogP contribution in [0.1, 0.15) is 16.2 Å². The zero-order valence-corrected chi connectivity index (χ0v) is 18.7. The highest BCUT2D eigenvalue weighted by molar-refractivity contribution is 9.10. The molecule has 3 aromatic rings. The second-order valence-corrected chi connectivity index (χ2v) is 7.97. The van der Waals surface area contributed by atoms with Crippen molar-refractivity contribution in [1.82, 2.24) is 14.8 Å². The van der Waals surface area contributed by atoms with Gasteiger partial charge in [0, 0.05) is 17.2 Å². The molecule has 0 aliphatic carbocycles. The standard InChI is InChI=1S/C20H19BrN4O4S/c1-25-17(11-29-16-8-6-14(21)7-9-16)23-24-20(25)30-12-18(26)22-15-5-3-4-13(10-15)19(27)28-2/h3-10H,11-12H2,1-2H3,(H,22,26). The highest BCUT2D eigenvalue weighted by Crippen LogP contribution is 2.20. The van der Waals surface area contributed by atoms with Gasteiger partial charge in [0.1, 0.15) is 12.4 Å². The van der Waals surface area contributed by atoms with Crippen molar-refractivity contribution in [2.45, 2.75) is 11.8 Å². The summed E-state index contributed by atoms with van der Waals surface area (Å²) in [6, 6.07) is 14.1. The largest absolute Gasteiger partial charge is 0.486 e. The molecule has 0 atom stereocenters. The van der Waals surface area contributed by atoms with E-state index in [0.29, 0.717) is 22.2 Å². The number of ether oxygens (including phenoxy) is 2. The Morgan fingerprint density at radius 1 is 1.17 bits per heavy atom. The normalized spacial score (nSPS) is 10.5. The van der Waals surface area contributed by atoms with Crippen LogP contribution in [0, 0.1) is 0 Å². The van der Waals surface area contributed by atoms with Crippen LogP contribution in [0.5, 0.6) is 5.75 Å². The van der Waals surface area contributed by atoms with E-state index < -0.39 is 5.97 Å². The van der Waals surface area contributed by atoms with Gasteiger partial charge in [0.25, 0.3) is 0 Å². The number of nitrogens with one attached hydrogen (secondary N) is 1. The first-order valence-corrected chi connectivity index (χ1v) is 10.6. The molecule has 2 aromatic carbocycles. The smallest absolute Gasteiger partial charge is 0.337 e. The summed E-state index contributed by atoms with van der Waals surface area (Å²) >= 11 is 4.64. The first kappa shape index (κ1) is 21.8. The molecule has 0 saturated heterocycles. The summed E-state index contributed by atoms with van der Waals surface area (Å²) in [6.07, 6.45) is 0. The Kier molecular flexibility index (Phi) is 7.47. The number of carbonyl (C=O) groups is 2. The Morgan fingerprint density at radius 3 is 2.67 bits per heavy atom. The van der Waals surface area contributed by atoms with Gasteiger partial charge in [0.05, 0.1) is 18.4 Å². The minimum Gasteiger partial charge on any atom is -0.486 e. The van der Waals surface area contributed by atoms with Crippen LogP contribution in [-0.2, 0) is 23.2 Å². The molecule has 0 unspecified atom stereocenters. The van der Waals surface area contributed by atoms with Gasteiger partial charge in [-0.2, -0.15) is 0 Å². The van der Waals surface area contributed by atoms with E-state index in [0.717, 1.165) is 10.2 Å². The zero-order valence-electron chi connectivity index (χ0n) is 16.3. The maximum Gasteiger partial charge on any atom is 0.337 e. The summed E-state index contributed by atoms with van der Waals surface area (Å²) in [5.74, 6) is 0.827. The average molecular weight is 491 g/mol. The Hall–Kier alpha value is -2.85. The van der Waals surface area contributed by atoms with Gasteiger partial charge in [0.15, 0.2) is 11.0 Å². The molecular formula is C20H19BrN4O4S. The van der Waals surface area contributed by atoms with Crippen molar-refractivity contribution in [2.75, 3.05) is 18.2 Å². The van der Waals surface area contributed by atoms with Gasteiger partial charge in [-0.05, 0) is 42.5 Å². The van der Waals surface area contributed by atoms with E-state index >= 15 is 0 Å². The van der Waals surface area contributed by atoms with E-state index in [2.05, 4.69) is 36.2 Å². The van der Waals surface area contributed by atoms with E-state index in [1.54, 1.807) is 28.8 Å². The highest BCUT2D eigenvalue weighted by Gasteiger charge is 2.13. The Morgan fingerprint density at radius 2 is 1.93 bits per heavy atom. The van der Waals surface area contributed by atoms with Gasteiger partial charge < -0.3 is 19.4 Å². The molecule has 0 aliphatic heterocycles. The van der Waals surface area contributed by atoms with Crippen LogP contribution in [0.4, 0.5) is 5.69 Å². The molecule has 0 aliphatic rings. The van der Waals surface area contributed by atoms with Crippen LogP contribution in [0.25, 0.3) is 0 Å². The summed E-state index contributed by atoms with van der Waals surface area (Å²) in [4.78, 5) is 23.9. The third-order valence-corrected chi connectivity index (χ3v) is 5.56. The molecule has 8 nitrogen and oxygen atoms in total. The quantitative estimate of drug-likeness (QED) is 0.380. The van der Waals surface area contributed by atoms with Crippen LogP contribution in [0.15, 0.2) is 58.2 Å². The molecule has 0 spiro atoms. The monoisotopic (exact) mass is 490 g/mol. The number of nitrogens with zero attached hydrogens (tertiary/aromatic N) is 3. The maximum atomic E-state index is 12.3. The fourth-order valence-electron chi connectivity index (χ4n) is 2.44. The summed E-state index contributed by atoms with van der Waals surface area (Å²) in [6.45, 7) is 0.262. The van der Waals surface area contributed by atoms with E-state index in [9.17, 15) is 9.59 Å². The number of esters is 1. The number of carbonyl (C=O) groups excluding carboxylic acids is 2. The summed E-state index contributed by atoms with van der Waals surface area (Å²) < 4.78 is 13.2. The molecule has 1 aromatic heterocycles. The molecule has 30 heavy (non-hydrogen) atoms. The molecule has 1 heterocycles. The number of halogens is 1. The van der Waals surface area contributed by atoms with Crippen LogP contribution in [0.3, 0.4) is 0 Å². The van der Waals surface area contributed by atoms with E-state index in [1.807, 2.05) is 31.3 Å². The number of methoxy groups -OCH3 is 1. The first-order valence-electron chi connectivity index (χ1n) is 8.84. The Balaban J connectivity index is 1.53. The molecule has 1 N–H and O–H groups in total. The number of hydrogen-bond donors (Lipinski definition) is 1. The number of hydrogen-bond acceptors (Lipinski definition) is 7. The first-order chi connectivity index (χ1) is 14.5. The minimum absolute atomic E-state index is 0.141. The van der Waals surface area contributed by atoms with Crippen molar-refractivity contribution in [2.24, 2.45) is 7.05 Å². The molecule has 1 amide bonds. The topological polar surface area (TPSA) is 95.3 Å². The summed E-state index contributed by atoms with van der Waals surface area (Å²) in [7, 11) is 3.13. The highest BCUT2D eigenvalue weighted by atomic mass is 79.9. The van der Waals surface area contributed by atoms with E-state index in [1.165, 1.54) is 18.9 Å². The predicted molar refractivity (Wildman–Crippen MR) is 117 cm³/mol. The second-order valence-electron chi connectivity index (χ2n) is 6.11. The van der Waals surface area contributed by atoms with Crippen LogP contribution < -0.4 is 10.1 Å². The lowest BCUT2D eigenvalue weighted by molar-refractivity contribution is -0.113. The van der Waals surface area contributed by atoms with Gasteiger partial charge in [-0.1, -0.05) is 33.8 Å². The molecule has 156 valence electrons. The molecule has 0 fully saturated rings. The van der Waals surface area contributed by atoms with Gasteiger partial charge in [-0.25, -0.2) is 4.79 Å². The number of rotatable bonds is 8. The summed E-state index contributed by atoms with van der Waals surface area (Å²) in [5, 5.41) is 11.6. The van der Waals surface area contributed by atoms with E-state index in [4.69, 9.17) is 4.74 Å². The molecule has 10 heteroatoms. The fourth-order valence-corrected chi connectivity index (χ4v) is 3.44. The van der Waals surface area contributed by atoms with Gasteiger partial charge in [0.2, 0.25) is 5.91 Å². The van der Waals surface area contributed by atoms with Gasteiger partial charge in [-0.15, -0.1) is 10.2 Å². The van der Waals surface area contributed by atoms with Crippen LogP contribution in [0.2, 0.25) is 0 Å². The number of aromatic nitrogens is 3. The van der Waals surface area contributed by atoms with Crippen molar-refractivity contribution in [3.8, 4) is 5.75 Å². The lowest BCUT2D eigenvalue weighted by atomic mass is 10.2. The third kappa shape index (κ3) is 5.83. The van der Waals surface area contributed by atoms with Crippen LogP contribution >= 0.6 is 27.7 Å². The molecule has 0 radical (unpaired) electrons. The number of benzene rings is 2. The fraction of sp³-hybridized carbons (Fsp3) is 0.200. The molecule has 3 rings (SSSR count). The second kappa shape index (κ2) is 10.3. The predicted octanol–water partition coefficient (Wildman–Crippen LogP) is 3.67. The van der Waals surface area contributed by atoms with Crippen molar-refractivity contribution >= 4 is 45.3 Å². The molecular weight excluding hydrogens is 472 g/mol. The third-order valence-electron chi connectivity index (χ3n) is 4.01. The van der Waals surface area contributed by atoms with E-state index in [-0.39, 0.29) is 18.3 Å². The summed E-state index contributed by atoms with van der Waals surface area (Å²) in [5.41, 5.74) is 0.886.